The number of aryl methyl sites for hydroxylation is 1. The van der Waals surface area contributed by atoms with Crippen LogP contribution in [0.2, 0.25) is 0 Å². The van der Waals surface area contributed by atoms with E-state index >= 15 is 0 Å². The third-order valence-corrected chi connectivity index (χ3v) is 5.77. The molecule has 1 aliphatic carbocycles. The average molecular weight is 303 g/mol. The SMILES string of the molecule is CC(C)(CNC(=O)[C@H]1CCn2cncc2C1)C1CCCCC1. The van der Waals surface area contributed by atoms with Crippen LogP contribution in [0.15, 0.2) is 12.5 Å². The van der Waals surface area contributed by atoms with E-state index in [1.165, 1.54) is 37.8 Å². The molecule has 1 amide bonds. The second kappa shape index (κ2) is 6.43. The van der Waals surface area contributed by atoms with Crippen molar-refractivity contribution in [2.75, 3.05) is 6.54 Å². The van der Waals surface area contributed by atoms with Gasteiger partial charge in [0.2, 0.25) is 5.91 Å². The molecule has 0 saturated heterocycles. The van der Waals surface area contributed by atoms with Gasteiger partial charge in [-0.25, -0.2) is 4.98 Å². The summed E-state index contributed by atoms with van der Waals surface area (Å²) < 4.78 is 2.16. The molecule has 4 nitrogen and oxygen atoms in total. The lowest BCUT2D eigenvalue weighted by molar-refractivity contribution is -0.126. The van der Waals surface area contributed by atoms with E-state index in [0.717, 1.165) is 31.8 Å². The molecule has 122 valence electrons. The van der Waals surface area contributed by atoms with E-state index in [4.69, 9.17) is 0 Å². The molecule has 3 rings (SSSR count). The lowest BCUT2D eigenvalue weighted by Crippen LogP contribution is -2.43. The molecule has 1 atom stereocenters. The fourth-order valence-electron chi connectivity index (χ4n) is 4.08. The number of carbonyl (C=O) groups is 1. The summed E-state index contributed by atoms with van der Waals surface area (Å²) in [6.07, 6.45) is 12.3. The first-order chi connectivity index (χ1) is 10.6. The second-order valence-corrected chi connectivity index (χ2v) is 7.81. The third-order valence-electron chi connectivity index (χ3n) is 5.77. The zero-order chi connectivity index (χ0) is 15.6. The molecule has 0 aromatic carbocycles. The van der Waals surface area contributed by atoms with Gasteiger partial charge in [0, 0.05) is 37.3 Å². The molecule has 0 radical (unpaired) electrons. The highest BCUT2D eigenvalue weighted by Crippen LogP contribution is 2.37. The topological polar surface area (TPSA) is 46.9 Å². The molecule has 1 N–H and O–H groups in total. The number of imidazole rings is 1. The van der Waals surface area contributed by atoms with E-state index < -0.39 is 0 Å². The van der Waals surface area contributed by atoms with Crippen molar-refractivity contribution in [1.82, 2.24) is 14.9 Å². The Balaban J connectivity index is 1.52. The van der Waals surface area contributed by atoms with E-state index in [0.29, 0.717) is 0 Å². The van der Waals surface area contributed by atoms with Crippen LogP contribution < -0.4 is 5.32 Å². The van der Waals surface area contributed by atoms with E-state index in [1.54, 1.807) is 0 Å². The summed E-state index contributed by atoms with van der Waals surface area (Å²) in [6.45, 7) is 6.37. The van der Waals surface area contributed by atoms with Gasteiger partial charge in [-0.2, -0.15) is 0 Å². The van der Waals surface area contributed by atoms with Crippen molar-refractivity contribution in [2.24, 2.45) is 17.3 Å². The summed E-state index contributed by atoms with van der Waals surface area (Å²) >= 11 is 0. The number of carbonyl (C=O) groups excluding carboxylic acids is 1. The van der Waals surface area contributed by atoms with Crippen molar-refractivity contribution in [3.8, 4) is 0 Å². The molecule has 4 heteroatoms. The van der Waals surface area contributed by atoms with Gasteiger partial charge in [0.25, 0.3) is 0 Å². The van der Waals surface area contributed by atoms with Crippen molar-refractivity contribution in [3.63, 3.8) is 0 Å². The van der Waals surface area contributed by atoms with Gasteiger partial charge in [0.05, 0.1) is 6.33 Å². The zero-order valence-corrected chi connectivity index (χ0v) is 14.0. The molecule has 2 aliphatic rings. The van der Waals surface area contributed by atoms with Crippen LogP contribution in [0.4, 0.5) is 0 Å². The van der Waals surface area contributed by atoms with Gasteiger partial charge in [-0.15, -0.1) is 0 Å². The van der Waals surface area contributed by atoms with E-state index in [9.17, 15) is 4.79 Å². The van der Waals surface area contributed by atoms with E-state index in [-0.39, 0.29) is 17.2 Å². The van der Waals surface area contributed by atoms with Crippen LogP contribution >= 0.6 is 0 Å². The maximum atomic E-state index is 12.5. The molecule has 0 spiro atoms. The highest BCUT2D eigenvalue weighted by Gasteiger charge is 2.32. The summed E-state index contributed by atoms with van der Waals surface area (Å²) in [7, 11) is 0. The normalized spacial score (nSPS) is 23.1. The minimum Gasteiger partial charge on any atom is -0.355 e. The molecule has 1 aliphatic heterocycles. The molecule has 1 aromatic rings. The number of amides is 1. The predicted octanol–water partition coefficient (Wildman–Crippen LogP) is 3.17. The van der Waals surface area contributed by atoms with Crippen molar-refractivity contribution >= 4 is 5.91 Å². The van der Waals surface area contributed by atoms with Crippen LogP contribution in [0.3, 0.4) is 0 Å². The Bertz CT molecular complexity index is 514. The Morgan fingerprint density at radius 3 is 2.86 bits per heavy atom. The van der Waals surface area contributed by atoms with Crippen LogP contribution in [-0.4, -0.2) is 22.0 Å². The molecule has 1 fully saturated rings. The van der Waals surface area contributed by atoms with Crippen LogP contribution in [-0.2, 0) is 17.8 Å². The smallest absolute Gasteiger partial charge is 0.223 e. The molecule has 2 heterocycles. The Kier molecular flexibility index (Phi) is 4.55. The fourth-order valence-corrected chi connectivity index (χ4v) is 4.08. The van der Waals surface area contributed by atoms with Gasteiger partial charge in [0.1, 0.15) is 0 Å². The number of hydrogen-bond donors (Lipinski definition) is 1. The van der Waals surface area contributed by atoms with Crippen LogP contribution in [0, 0.1) is 17.3 Å². The van der Waals surface area contributed by atoms with Crippen LogP contribution in [0.1, 0.15) is 58.1 Å². The monoisotopic (exact) mass is 303 g/mol. The zero-order valence-electron chi connectivity index (χ0n) is 14.0. The van der Waals surface area contributed by atoms with Crippen LogP contribution in [0.25, 0.3) is 0 Å². The molecule has 0 unspecified atom stereocenters. The maximum Gasteiger partial charge on any atom is 0.223 e. The second-order valence-electron chi connectivity index (χ2n) is 7.81. The Hall–Kier alpha value is -1.32. The lowest BCUT2D eigenvalue weighted by Gasteiger charge is -2.37. The molecule has 22 heavy (non-hydrogen) atoms. The minimum atomic E-state index is 0.117. The number of hydrogen-bond acceptors (Lipinski definition) is 2. The van der Waals surface area contributed by atoms with E-state index in [2.05, 4.69) is 28.7 Å². The average Bonchev–Trinajstić information content (AvgIpc) is 3.01. The summed E-state index contributed by atoms with van der Waals surface area (Å²) in [5, 5.41) is 3.24. The molecule has 0 bridgehead atoms. The van der Waals surface area contributed by atoms with Crippen LogP contribution in [0.5, 0.6) is 0 Å². The molecular weight excluding hydrogens is 274 g/mol. The summed E-state index contributed by atoms with van der Waals surface area (Å²) in [6, 6.07) is 0. The summed E-state index contributed by atoms with van der Waals surface area (Å²) in [5.74, 6) is 1.11. The van der Waals surface area contributed by atoms with Crippen molar-refractivity contribution in [1.29, 1.82) is 0 Å². The largest absolute Gasteiger partial charge is 0.355 e. The first kappa shape index (κ1) is 15.6. The van der Waals surface area contributed by atoms with Gasteiger partial charge >= 0.3 is 0 Å². The summed E-state index contributed by atoms with van der Waals surface area (Å²) in [4.78, 5) is 16.7. The quantitative estimate of drug-likeness (QED) is 0.928. The fraction of sp³-hybridized carbons (Fsp3) is 0.778. The number of rotatable bonds is 4. The number of nitrogens with one attached hydrogen (secondary N) is 1. The van der Waals surface area contributed by atoms with Crippen molar-refractivity contribution < 1.29 is 4.79 Å². The highest BCUT2D eigenvalue weighted by molar-refractivity contribution is 5.79. The molecule has 1 saturated carbocycles. The molecular formula is C18H29N3O. The van der Waals surface area contributed by atoms with Crippen molar-refractivity contribution in [2.45, 2.75) is 65.3 Å². The van der Waals surface area contributed by atoms with E-state index in [1.807, 2.05) is 12.5 Å². The number of aromatic nitrogens is 2. The Morgan fingerprint density at radius 2 is 2.09 bits per heavy atom. The third kappa shape index (κ3) is 3.36. The van der Waals surface area contributed by atoms with Crippen molar-refractivity contribution in [3.05, 3.63) is 18.2 Å². The maximum absolute atomic E-state index is 12.5. The lowest BCUT2D eigenvalue weighted by atomic mass is 9.71. The Labute approximate surface area is 133 Å². The standard InChI is InChI=1S/C18H29N3O/c1-18(2,15-6-4-3-5-7-15)12-20-17(22)14-8-9-21-13-19-11-16(21)10-14/h11,13-15H,3-10,12H2,1-2H3,(H,20,22)/t14-/m0/s1. The summed E-state index contributed by atoms with van der Waals surface area (Å²) in [5.41, 5.74) is 1.41. The minimum absolute atomic E-state index is 0.117. The van der Waals surface area contributed by atoms with Gasteiger partial charge in [-0.05, 0) is 30.6 Å². The number of fused-ring (bicyclic) bond motifs is 1. The highest BCUT2D eigenvalue weighted by atomic mass is 16.1. The van der Waals surface area contributed by atoms with Gasteiger partial charge in [-0.3, -0.25) is 4.79 Å². The first-order valence-corrected chi connectivity index (χ1v) is 8.83. The van der Waals surface area contributed by atoms with Gasteiger partial charge in [0.15, 0.2) is 0 Å². The van der Waals surface area contributed by atoms with Gasteiger partial charge in [-0.1, -0.05) is 33.1 Å². The molecule has 1 aromatic heterocycles. The Morgan fingerprint density at radius 1 is 1.32 bits per heavy atom. The van der Waals surface area contributed by atoms with Gasteiger partial charge < -0.3 is 9.88 Å². The predicted molar refractivity (Wildman–Crippen MR) is 87.4 cm³/mol. The first-order valence-electron chi connectivity index (χ1n) is 8.83. The number of nitrogens with zero attached hydrogens (tertiary/aromatic N) is 2.